The molecule has 0 aliphatic carbocycles. The van der Waals surface area contributed by atoms with Crippen molar-refractivity contribution in [1.82, 2.24) is 10.2 Å². The standard InChI is InChI=1S/C13H24N2O2.ClH/c1-15(9-11-5-4-8-17-10-11)13(16)12-6-2-3-7-14-12;/h11-12,14H,2-10H2,1H3;1H. The average Bonchev–Trinajstić information content (AvgIpc) is 2.40. The van der Waals surface area contributed by atoms with Gasteiger partial charge in [0.15, 0.2) is 0 Å². The van der Waals surface area contributed by atoms with E-state index in [-0.39, 0.29) is 24.4 Å². The largest absolute Gasteiger partial charge is 0.381 e. The molecule has 2 heterocycles. The topological polar surface area (TPSA) is 41.6 Å². The predicted molar refractivity (Wildman–Crippen MR) is 74.1 cm³/mol. The first-order valence-electron chi connectivity index (χ1n) is 6.83. The summed E-state index contributed by atoms with van der Waals surface area (Å²) >= 11 is 0. The summed E-state index contributed by atoms with van der Waals surface area (Å²) in [5, 5.41) is 3.31. The molecule has 0 bridgehead atoms. The molecular formula is C13H25ClN2O2. The van der Waals surface area contributed by atoms with E-state index in [1.807, 2.05) is 11.9 Å². The maximum Gasteiger partial charge on any atom is 0.239 e. The highest BCUT2D eigenvalue weighted by molar-refractivity contribution is 5.85. The molecule has 4 nitrogen and oxygen atoms in total. The molecule has 2 fully saturated rings. The molecule has 2 saturated heterocycles. The number of hydrogen-bond donors (Lipinski definition) is 1. The van der Waals surface area contributed by atoms with Gasteiger partial charge in [0.25, 0.3) is 0 Å². The number of hydrogen-bond acceptors (Lipinski definition) is 3. The molecule has 2 rings (SSSR count). The number of piperidine rings is 1. The van der Waals surface area contributed by atoms with Crippen LogP contribution in [0.3, 0.4) is 0 Å². The Hall–Kier alpha value is -0.320. The molecule has 2 atom stereocenters. The second-order valence-electron chi connectivity index (χ2n) is 5.30. The van der Waals surface area contributed by atoms with Gasteiger partial charge in [0.2, 0.25) is 5.91 Å². The fourth-order valence-corrected chi connectivity index (χ4v) is 2.76. The molecule has 18 heavy (non-hydrogen) atoms. The maximum absolute atomic E-state index is 12.2. The molecule has 1 N–H and O–H groups in total. The van der Waals surface area contributed by atoms with E-state index in [1.54, 1.807) is 0 Å². The molecular weight excluding hydrogens is 252 g/mol. The van der Waals surface area contributed by atoms with Crippen LogP contribution in [0.2, 0.25) is 0 Å². The summed E-state index contributed by atoms with van der Waals surface area (Å²) in [6, 6.07) is 0.0539. The summed E-state index contributed by atoms with van der Waals surface area (Å²) < 4.78 is 5.45. The van der Waals surface area contributed by atoms with Crippen molar-refractivity contribution in [2.45, 2.75) is 38.1 Å². The summed E-state index contributed by atoms with van der Waals surface area (Å²) in [7, 11) is 1.92. The van der Waals surface area contributed by atoms with E-state index in [1.165, 1.54) is 19.3 Å². The molecule has 0 spiro atoms. The summed E-state index contributed by atoms with van der Waals surface area (Å²) in [5.41, 5.74) is 0. The van der Waals surface area contributed by atoms with Crippen molar-refractivity contribution in [3.8, 4) is 0 Å². The number of carbonyl (C=O) groups is 1. The normalized spacial score (nSPS) is 28.3. The van der Waals surface area contributed by atoms with Gasteiger partial charge in [-0.2, -0.15) is 0 Å². The van der Waals surface area contributed by atoms with Gasteiger partial charge in [0, 0.05) is 20.2 Å². The Morgan fingerprint density at radius 1 is 1.33 bits per heavy atom. The van der Waals surface area contributed by atoms with E-state index in [0.29, 0.717) is 5.92 Å². The highest BCUT2D eigenvalue weighted by Gasteiger charge is 2.25. The first-order valence-corrected chi connectivity index (χ1v) is 6.83. The third-order valence-corrected chi connectivity index (χ3v) is 3.77. The minimum absolute atomic E-state index is 0. The van der Waals surface area contributed by atoms with Crippen LogP contribution in [-0.4, -0.2) is 50.2 Å². The summed E-state index contributed by atoms with van der Waals surface area (Å²) in [4.78, 5) is 14.1. The van der Waals surface area contributed by atoms with Gasteiger partial charge in [0.05, 0.1) is 12.6 Å². The summed E-state index contributed by atoms with van der Waals surface area (Å²) in [6.45, 7) is 3.53. The Labute approximate surface area is 116 Å². The summed E-state index contributed by atoms with van der Waals surface area (Å²) in [6.07, 6.45) is 5.68. The quantitative estimate of drug-likeness (QED) is 0.848. The molecule has 1 amide bonds. The van der Waals surface area contributed by atoms with Gasteiger partial charge in [-0.15, -0.1) is 12.4 Å². The molecule has 0 aromatic carbocycles. The predicted octanol–water partition coefficient (Wildman–Crippen LogP) is 1.44. The lowest BCUT2D eigenvalue weighted by atomic mass is 10.00. The molecule has 0 radical (unpaired) electrons. The average molecular weight is 277 g/mol. The fraction of sp³-hybridized carbons (Fsp3) is 0.923. The molecule has 0 aromatic rings. The zero-order valence-electron chi connectivity index (χ0n) is 11.2. The van der Waals surface area contributed by atoms with Crippen molar-refractivity contribution in [3.63, 3.8) is 0 Å². The van der Waals surface area contributed by atoms with Gasteiger partial charge >= 0.3 is 0 Å². The van der Waals surface area contributed by atoms with Crippen molar-refractivity contribution in [1.29, 1.82) is 0 Å². The van der Waals surface area contributed by atoms with E-state index in [2.05, 4.69) is 5.32 Å². The smallest absolute Gasteiger partial charge is 0.239 e. The second kappa shape index (κ2) is 7.97. The minimum atomic E-state index is 0. The zero-order valence-corrected chi connectivity index (χ0v) is 12.0. The highest BCUT2D eigenvalue weighted by Crippen LogP contribution is 2.16. The van der Waals surface area contributed by atoms with Crippen LogP contribution in [0.15, 0.2) is 0 Å². The van der Waals surface area contributed by atoms with Gasteiger partial charge in [-0.25, -0.2) is 0 Å². The van der Waals surface area contributed by atoms with Gasteiger partial charge in [0.1, 0.15) is 0 Å². The molecule has 0 aromatic heterocycles. The number of halogens is 1. The Morgan fingerprint density at radius 3 is 2.78 bits per heavy atom. The third kappa shape index (κ3) is 4.41. The first kappa shape index (κ1) is 15.7. The van der Waals surface area contributed by atoms with Crippen LogP contribution < -0.4 is 5.32 Å². The zero-order chi connectivity index (χ0) is 12.1. The summed E-state index contributed by atoms with van der Waals surface area (Å²) in [5.74, 6) is 0.788. The van der Waals surface area contributed by atoms with Crippen molar-refractivity contribution >= 4 is 18.3 Å². The van der Waals surface area contributed by atoms with Crippen molar-refractivity contribution in [2.24, 2.45) is 5.92 Å². The van der Waals surface area contributed by atoms with E-state index >= 15 is 0 Å². The second-order valence-corrected chi connectivity index (χ2v) is 5.30. The molecule has 5 heteroatoms. The number of amides is 1. The number of ether oxygens (including phenoxy) is 1. The Balaban J connectivity index is 0.00000162. The molecule has 0 saturated carbocycles. The van der Waals surface area contributed by atoms with Crippen LogP contribution in [0.4, 0.5) is 0 Å². The minimum Gasteiger partial charge on any atom is -0.381 e. The van der Waals surface area contributed by atoms with E-state index in [0.717, 1.165) is 39.1 Å². The van der Waals surface area contributed by atoms with Gasteiger partial charge in [-0.3, -0.25) is 4.79 Å². The van der Waals surface area contributed by atoms with Crippen LogP contribution in [0.25, 0.3) is 0 Å². The van der Waals surface area contributed by atoms with Crippen LogP contribution in [0.1, 0.15) is 32.1 Å². The Morgan fingerprint density at radius 2 is 2.17 bits per heavy atom. The molecule has 2 unspecified atom stereocenters. The lowest BCUT2D eigenvalue weighted by Gasteiger charge is -2.31. The van der Waals surface area contributed by atoms with E-state index < -0.39 is 0 Å². The Bertz CT molecular complexity index is 251. The fourth-order valence-electron chi connectivity index (χ4n) is 2.76. The molecule has 2 aliphatic rings. The van der Waals surface area contributed by atoms with E-state index in [9.17, 15) is 4.79 Å². The lowest BCUT2D eigenvalue weighted by Crippen LogP contribution is -2.48. The van der Waals surface area contributed by atoms with Crippen LogP contribution in [0, 0.1) is 5.92 Å². The molecule has 106 valence electrons. The van der Waals surface area contributed by atoms with Crippen LogP contribution in [0.5, 0.6) is 0 Å². The number of rotatable bonds is 3. The van der Waals surface area contributed by atoms with Crippen molar-refractivity contribution in [2.75, 3.05) is 33.4 Å². The maximum atomic E-state index is 12.2. The van der Waals surface area contributed by atoms with Crippen molar-refractivity contribution < 1.29 is 9.53 Å². The number of likely N-dealkylation sites (N-methyl/N-ethyl adjacent to an activating group) is 1. The number of nitrogens with zero attached hydrogens (tertiary/aromatic N) is 1. The number of nitrogens with one attached hydrogen (secondary N) is 1. The molecule has 2 aliphatic heterocycles. The van der Waals surface area contributed by atoms with Gasteiger partial charge in [-0.05, 0) is 38.1 Å². The van der Waals surface area contributed by atoms with Gasteiger partial charge in [-0.1, -0.05) is 6.42 Å². The Kier molecular flexibility index (Phi) is 6.97. The van der Waals surface area contributed by atoms with Crippen LogP contribution >= 0.6 is 12.4 Å². The third-order valence-electron chi connectivity index (χ3n) is 3.77. The monoisotopic (exact) mass is 276 g/mol. The highest BCUT2D eigenvalue weighted by atomic mass is 35.5. The first-order chi connectivity index (χ1) is 8.27. The van der Waals surface area contributed by atoms with Crippen molar-refractivity contribution in [3.05, 3.63) is 0 Å². The van der Waals surface area contributed by atoms with Gasteiger partial charge < -0.3 is 15.0 Å². The van der Waals surface area contributed by atoms with Crippen LogP contribution in [-0.2, 0) is 9.53 Å². The lowest BCUT2D eigenvalue weighted by molar-refractivity contribution is -0.133. The number of carbonyl (C=O) groups excluding carboxylic acids is 1. The van der Waals surface area contributed by atoms with E-state index in [4.69, 9.17) is 4.74 Å². The SMILES string of the molecule is CN(CC1CCCOC1)C(=O)C1CCCCN1.Cl.